The molecule has 2 aliphatic rings. The molecule has 0 amide bonds. The van der Waals surface area contributed by atoms with Gasteiger partial charge >= 0.3 is 6.01 Å². The van der Waals surface area contributed by atoms with Gasteiger partial charge in [-0.25, -0.2) is 8.42 Å². The first-order valence-corrected chi connectivity index (χ1v) is 12.8. The molecule has 1 aromatic carbocycles. The van der Waals surface area contributed by atoms with E-state index in [2.05, 4.69) is 57.7 Å². The van der Waals surface area contributed by atoms with Gasteiger partial charge in [0.2, 0.25) is 10.0 Å². The number of hydrogen-bond acceptors (Lipinski definition) is 8. The molecule has 34 heavy (non-hydrogen) atoms. The third-order valence-electron chi connectivity index (χ3n) is 6.88. The maximum Gasteiger partial charge on any atom is 0.318 e. The molecular weight excluding hydrogens is 454 g/mol. The first-order chi connectivity index (χ1) is 16.3. The van der Waals surface area contributed by atoms with Crippen LogP contribution in [-0.4, -0.2) is 78.1 Å². The summed E-state index contributed by atoms with van der Waals surface area (Å²) in [6, 6.07) is 4.65. The van der Waals surface area contributed by atoms with E-state index in [1.54, 1.807) is 7.11 Å². The predicted octanol–water partition coefficient (Wildman–Crippen LogP) is 1.99. The molecule has 180 valence electrons. The first kappa shape index (κ1) is 22.8. The van der Waals surface area contributed by atoms with Gasteiger partial charge in [-0.15, -0.1) is 0 Å². The number of aromatic nitrogens is 4. The van der Waals surface area contributed by atoms with Gasteiger partial charge in [-0.1, -0.05) is 12.6 Å². The maximum atomic E-state index is 12.2. The van der Waals surface area contributed by atoms with E-state index in [9.17, 15) is 8.42 Å². The summed E-state index contributed by atoms with van der Waals surface area (Å²) in [4.78, 5) is 13.9. The minimum atomic E-state index is -3.42. The summed E-state index contributed by atoms with van der Waals surface area (Å²) in [5.41, 5.74) is 5.52. The average Bonchev–Trinajstić information content (AvgIpc) is 3.32. The molecule has 10 nitrogen and oxygen atoms in total. The molecule has 3 aromatic rings. The molecule has 1 N–H and O–H groups in total. The van der Waals surface area contributed by atoms with Crippen molar-refractivity contribution in [1.82, 2.24) is 29.4 Å². The molecule has 1 unspecified atom stereocenters. The molecule has 0 radical (unpaired) electrons. The molecule has 1 saturated heterocycles. The fourth-order valence-electron chi connectivity index (χ4n) is 5.05. The monoisotopic (exact) mass is 483 g/mol. The number of H-pyrrole nitrogens is 1. The van der Waals surface area contributed by atoms with E-state index < -0.39 is 10.0 Å². The van der Waals surface area contributed by atoms with Gasteiger partial charge in [0, 0.05) is 61.5 Å². The van der Waals surface area contributed by atoms with Crippen molar-refractivity contribution >= 4 is 26.7 Å². The van der Waals surface area contributed by atoms with Gasteiger partial charge in [-0.2, -0.15) is 19.4 Å². The van der Waals surface area contributed by atoms with Crippen molar-refractivity contribution in [1.29, 1.82) is 0 Å². The van der Waals surface area contributed by atoms with Crippen molar-refractivity contribution in [3.63, 3.8) is 0 Å². The maximum absolute atomic E-state index is 12.2. The number of aromatic amines is 1. The molecule has 4 heterocycles. The van der Waals surface area contributed by atoms with Gasteiger partial charge in [0.25, 0.3) is 0 Å². The van der Waals surface area contributed by atoms with Crippen molar-refractivity contribution in [2.24, 2.45) is 0 Å². The van der Waals surface area contributed by atoms with Crippen LogP contribution in [0.4, 0.5) is 5.82 Å². The van der Waals surface area contributed by atoms with Crippen LogP contribution in [0, 0.1) is 6.92 Å². The topological polar surface area (TPSA) is 108 Å². The predicted molar refractivity (Wildman–Crippen MR) is 130 cm³/mol. The van der Waals surface area contributed by atoms with Crippen LogP contribution in [0.3, 0.4) is 0 Å². The van der Waals surface area contributed by atoms with E-state index in [0.29, 0.717) is 45.2 Å². The summed E-state index contributed by atoms with van der Waals surface area (Å²) in [7, 11) is 0.268. The number of benzene rings is 1. The highest BCUT2D eigenvalue weighted by molar-refractivity contribution is 7.92. The second-order valence-corrected chi connectivity index (χ2v) is 10.7. The highest BCUT2D eigenvalue weighted by Crippen LogP contribution is 2.39. The van der Waals surface area contributed by atoms with Gasteiger partial charge in [0.05, 0.1) is 24.5 Å². The smallest absolute Gasteiger partial charge is 0.318 e. The minimum absolute atomic E-state index is 0.135. The zero-order chi connectivity index (χ0) is 24.0. The normalized spacial score (nSPS) is 19.9. The Labute approximate surface area is 199 Å². The number of aryl methyl sites for hydroxylation is 1. The summed E-state index contributed by atoms with van der Waals surface area (Å²) in [6.07, 6.45) is 2.61. The number of rotatable bonds is 5. The van der Waals surface area contributed by atoms with Crippen molar-refractivity contribution in [3.8, 4) is 6.01 Å². The SMILES string of the molecule is C=CS(=O)(=O)N1CCN(c2nc(OC)nc3c2CN(C)C(c2c(C)ccc4[nH]ncc24)C3)CC1. The van der Waals surface area contributed by atoms with Gasteiger partial charge in [-0.3, -0.25) is 10.00 Å². The lowest BCUT2D eigenvalue weighted by molar-refractivity contribution is 0.214. The van der Waals surface area contributed by atoms with E-state index >= 15 is 0 Å². The zero-order valence-corrected chi connectivity index (χ0v) is 20.5. The lowest BCUT2D eigenvalue weighted by atomic mass is 9.89. The minimum Gasteiger partial charge on any atom is -0.467 e. The molecule has 2 aromatic heterocycles. The van der Waals surface area contributed by atoms with Crippen LogP contribution in [0.15, 0.2) is 30.3 Å². The number of piperazine rings is 1. The van der Waals surface area contributed by atoms with Crippen LogP contribution in [0.5, 0.6) is 6.01 Å². The van der Waals surface area contributed by atoms with Crippen molar-refractivity contribution in [2.75, 3.05) is 45.2 Å². The van der Waals surface area contributed by atoms with Crippen molar-refractivity contribution in [3.05, 3.63) is 52.7 Å². The van der Waals surface area contributed by atoms with Crippen LogP contribution < -0.4 is 9.64 Å². The Bertz CT molecular complexity index is 1350. The Hall–Kier alpha value is -3.02. The van der Waals surface area contributed by atoms with Gasteiger partial charge < -0.3 is 9.64 Å². The van der Waals surface area contributed by atoms with E-state index in [0.717, 1.165) is 33.4 Å². The highest BCUT2D eigenvalue weighted by Gasteiger charge is 2.34. The molecule has 2 aliphatic heterocycles. The Morgan fingerprint density at radius 1 is 1.21 bits per heavy atom. The van der Waals surface area contributed by atoms with Crippen molar-refractivity contribution in [2.45, 2.75) is 25.9 Å². The number of nitrogens with one attached hydrogen (secondary N) is 1. The molecular formula is C23H29N7O3S. The van der Waals surface area contributed by atoms with Gasteiger partial charge in [0.1, 0.15) is 5.82 Å². The average molecular weight is 484 g/mol. The summed E-state index contributed by atoms with van der Waals surface area (Å²) >= 11 is 0. The largest absolute Gasteiger partial charge is 0.467 e. The number of ether oxygens (including phenoxy) is 1. The van der Waals surface area contributed by atoms with E-state index in [1.165, 1.54) is 15.4 Å². The molecule has 0 aliphatic carbocycles. The second-order valence-electron chi connectivity index (χ2n) is 8.82. The summed E-state index contributed by atoms with van der Waals surface area (Å²) < 4.78 is 31.3. The Balaban J connectivity index is 1.49. The Kier molecular flexibility index (Phi) is 5.78. The van der Waals surface area contributed by atoms with Crippen LogP contribution >= 0.6 is 0 Å². The standard InChI is InChI=1S/C23H29N7O3S/c1-5-34(31,32)30-10-8-29(9-11-30)22-17-14-28(3)20(12-19(17)25-23(26-22)33-4)21-15(2)6-7-18-16(21)13-24-27-18/h5-7,13,20H,1,8-12,14H2,2-4H3,(H,24,27). The quantitative estimate of drug-likeness (QED) is 0.587. The lowest BCUT2D eigenvalue weighted by Crippen LogP contribution is -2.49. The van der Waals surface area contributed by atoms with E-state index in [4.69, 9.17) is 9.72 Å². The number of fused-ring (bicyclic) bond motifs is 2. The fourth-order valence-corrected chi connectivity index (χ4v) is 5.93. The molecule has 0 bridgehead atoms. The van der Waals surface area contributed by atoms with Crippen LogP contribution in [0.1, 0.15) is 28.4 Å². The number of hydrogen-bond donors (Lipinski definition) is 1. The van der Waals surface area contributed by atoms with Crippen LogP contribution in [0.2, 0.25) is 0 Å². The van der Waals surface area contributed by atoms with Gasteiger partial charge in [-0.05, 0) is 31.2 Å². The molecule has 5 rings (SSSR count). The number of likely N-dealkylation sites (N-methyl/N-ethyl adjacent to an activating group) is 1. The lowest BCUT2D eigenvalue weighted by Gasteiger charge is -2.39. The van der Waals surface area contributed by atoms with Crippen molar-refractivity contribution < 1.29 is 13.2 Å². The number of nitrogens with zero attached hydrogens (tertiary/aromatic N) is 6. The Morgan fingerprint density at radius 2 is 1.97 bits per heavy atom. The summed E-state index contributed by atoms with van der Waals surface area (Å²) in [5, 5.41) is 9.46. The third kappa shape index (κ3) is 3.83. The van der Waals surface area contributed by atoms with E-state index in [1.807, 2.05) is 6.20 Å². The highest BCUT2D eigenvalue weighted by atomic mass is 32.2. The third-order valence-corrected chi connectivity index (χ3v) is 8.39. The first-order valence-electron chi connectivity index (χ1n) is 11.3. The summed E-state index contributed by atoms with van der Waals surface area (Å²) in [6.45, 7) is 8.10. The molecule has 1 atom stereocenters. The molecule has 0 spiro atoms. The molecule has 11 heteroatoms. The zero-order valence-electron chi connectivity index (χ0n) is 19.7. The van der Waals surface area contributed by atoms with Crippen LogP contribution in [0.25, 0.3) is 10.9 Å². The second kappa shape index (κ2) is 8.64. The Morgan fingerprint density at radius 3 is 2.68 bits per heavy atom. The van der Waals surface area contributed by atoms with Gasteiger partial charge in [0.15, 0.2) is 0 Å². The van der Waals surface area contributed by atoms with E-state index in [-0.39, 0.29) is 6.04 Å². The number of sulfonamides is 1. The van der Waals surface area contributed by atoms with Crippen LogP contribution in [-0.2, 0) is 23.0 Å². The number of methoxy groups -OCH3 is 1. The molecule has 1 fully saturated rings. The number of anilines is 1. The molecule has 0 saturated carbocycles. The summed E-state index contributed by atoms with van der Waals surface area (Å²) in [5.74, 6) is 0.820. The fraction of sp³-hybridized carbons (Fsp3) is 0.435.